The molecule has 164 valence electrons. The number of aromatic nitrogens is 3. The minimum absolute atomic E-state index is 0.0769. The fraction of sp³-hybridized carbons (Fsp3) is 0.381. The largest absolute Gasteiger partial charge is 0.356 e. The number of hydrogen-bond acceptors (Lipinski definition) is 6. The van der Waals surface area contributed by atoms with Crippen molar-refractivity contribution in [1.82, 2.24) is 14.5 Å². The van der Waals surface area contributed by atoms with E-state index < -0.39 is 21.3 Å². The number of hydrogen-bond donors (Lipinski definition) is 2. The molecule has 31 heavy (non-hydrogen) atoms. The third kappa shape index (κ3) is 4.20. The maximum Gasteiger partial charge on any atom is 0.328 e. The first kappa shape index (κ1) is 21.1. The van der Waals surface area contributed by atoms with Gasteiger partial charge in [-0.1, -0.05) is 13.8 Å². The molecular formula is C21H25N5O4S. The van der Waals surface area contributed by atoms with Crippen LogP contribution in [0.15, 0.2) is 51.0 Å². The predicted octanol–water partition coefficient (Wildman–Crippen LogP) is 1.90. The minimum atomic E-state index is -3.94. The van der Waals surface area contributed by atoms with Crippen LogP contribution in [0.5, 0.6) is 0 Å². The number of piperidine rings is 1. The minimum Gasteiger partial charge on any atom is -0.356 e. The highest BCUT2D eigenvalue weighted by Gasteiger charge is 2.23. The first-order valence-electron chi connectivity index (χ1n) is 10.1. The summed E-state index contributed by atoms with van der Waals surface area (Å²) < 4.78 is 29.5. The van der Waals surface area contributed by atoms with Crippen molar-refractivity contribution in [1.29, 1.82) is 0 Å². The second-order valence-electron chi connectivity index (χ2n) is 8.36. The van der Waals surface area contributed by atoms with Crippen molar-refractivity contribution in [2.75, 3.05) is 22.7 Å². The van der Waals surface area contributed by atoms with Crippen LogP contribution in [-0.2, 0) is 17.1 Å². The molecule has 1 aromatic carbocycles. The lowest BCUT2D eigenvalue weighted by Gasteiger charge is -2.35. The molecule has 0 unspecified atom stereocenters. The van der Waals surface area contributed by atoms with Crippen molar-refractivity contribution in [3.63, 3.8) is 0 Å². The zero-order chi connectivity index (χ0) is 22.3. The van der Waals surface area contributed by atoms with Gasteiger partial charge in [0, 0.05) is 20.1 Å². The molecule has 3 heterocycles. The van der Waals surface area contributed by atoms with Crippen molar-refractivity contribution in [3.05, 3.63) is 57.4 Å². The van der Waals surface area contributed by atoms with Gasteiger partial charge in [0.15, 0.2) is 0 Å². The third-order valence-electron chi connectivity index (χ3n) is 5.60. The van der Waals surface area contributed by atoms with Crippen LogP contribution in [0.2, 0.25) is 0 Å². The maximum absolute atomic E-state index is 12.9. The second kappa shape index (κ2) is 7.84. The van der Waals surface area contributed by atoms with Gasteiger partial charge in [0.25, 0.3) is 15.6 Å². The molecule has 0 spiro atoms. The molecule has 4 rings (SSSR count). The molecule has 10 heteroatoms. The van der Waals surface area contributed by atoms with E-state index in [9.17, 15) is 18.0 Å². The number of benzene rings is 1. The van der Waals surface area contributed by atoms with Crippen LogP contribution < -0.4 is 20.9 Å². The van der Waals surface area contributed by atoms with Gasteiger partial charge in [-0.15, -0.1) is 0 Å². The average Bonchev–Trinajstić information content (AvgIpc) is 2.71. The number of fused-ring (bicyclic) bond motifs is 1. The van der Waals surface area contributed by atoms with E-state index in [0.29, 0.717) is 23.0 Å². The Morgan fingerprint density at radius 1 is 1.10 bits per heavy atom. The summed E-state index contributed by atoms with van der Waals surface area (Å²) in [5.74, 6) is 1.98. The highest BCUT2D eigenvalue weighted by molar-refractivity contribution is 7.92. The van der Waals surface area contributed by atoms with E-state index in [-0.39, 0.29) is 10.3 Å². The molecule has 2 atom stereocenters. The van der Waals surface area contributed by atoms with Crippen LogP contribution in [0.4, 0.5) is 11.5 Å². The summed E-state index contributed by atoms with van der Waals surface area (Å²) in [4.78, 5) is 32.6. The standard InChI is InChI=1S/C21H25N5O4S/c1-13-8-14(2)12-26(11-13)19-7-4-15(10-22-19)24-31(29,30)16-5-6-18-17(9-16)20(27)23-21(28)25(18)3/h4-7,9-10,13-14,24H,8,11-12H2,1-3H3,(H,23,27,28)/t13-,14+. The SMILES string of the molecule is C[C@@H]1C[C@H](C)CN(c2ccc(NS(=O)(=O)c3ccc4c(c3)c(=O)[nH]c(=O)n4C)cn2)C1. The quantitative estimate of drug-likeness (QED) is 0.636. The summed E-state index contributed by atoms with van der Waals surface area (Å²) in [7, 11) is -2.44. The first-order chi connectivity index (χ1) is 14.6. The Morgan fingerprint density at radius 3 is 2.45 bits per heavy atom. The molecule has 1 saturated heterocycles. The van der Waals surface area contributed by atoms with E-state index in [1.807, 2.05) is 6.07 Å². The van der Waals surface area contributed by atoms with Gasteiger partial charge in [-0.2, -0.15) is 0 Å². The third-order valence-corrected chi connectivity index (χ3v) is 6.98. The van der Waals surface area contributed by atoms with Gasteiger partial charge in [-0.05, 0) is 48.6 Å². The van der Waals surface area contributed by atoms with Crippen molar-refractivity contribution in [2.45, 2.75) is 25.2 Å². The number of aromatic amines is 1. The number of nitrogens with one attached hydrogen (secondary N) is 2. The molecule has 3 aromatic rings. The summed E-state index contributed by atoms with van der Waals surface area (Å²) in [5, 5.41) is 0.117. The summed E-state index contributed by atoms with van der Waals surface area (Å²) in [6.45, 7) is 6.29. The zero-order valence-corrected chi connectivity index (χ0v) is 18.4. The Bertz CT molecular complexity index is 1330. The maximum atomic E-state index is 12.9. The topological polar surface area (TPSA) is 117 Å². The van der Waals surface area contributed by atoms with Crippen LogP contribution in [0.3, 0.4) is 0 Å². The summed E-state index contributed by atoms with van der Waals surface area (Å²) >= 11 is 0. The first-order valence-corrected chi connectivity index (χ1v) is 11.6. The normalized spacial score (nSPS) is 19.5. The van der Waals surface area contributed by atoms with Crippen molar-refractivity contribution in [2.24, 2.45) is 18.9 Å². The van der Waals surface area contributed by atoms with Crippen LogP contribution in [0.25, 0.3) is 10.9 Å². The number of sulfonamides is 1. The van der Waals surface area contributed by atoms with E-state index in [1.54, 1.807) is 6.07 Å². The van der Waals surface area contributed by atoms with Gasteiger partial charge in [-0.3, -0.25) is 19.1 Å². The van der Waals surface area contributed by atoms with Crippen molar-refractivity contribution < 1.29 is 8.42 Å². The predicted molar refractivity (Wildman–Crippen MR) is 120 cm³/mol. The smallest absolute Gasteiger partial charge is 0.328 e. The van der Waals surface area contributed by atoms with Gasteiger partial charge >= 0.3 is 5.69 Å². The molecule has 1 fully saturated rings. The van der Waals surface area contributed by atoms with E-state index >= 15 is 0 Å². The monoisotopic (exact) mass is 443 g/mol. The van der Waals surface area contributed by atoms with Gasteiger partial charge in [0.05, 0.1) is 27.7 Å². The molecule has 9 nitrogen and oxygen atoms in total. The number of nitrogens with zero attached hydrogens (tertiary/aromatic N) is 3. The Balaban J connectivity index is 1.59. The van der Waals surface area contributed by atoms with Gasteiger partial charge in [0.2, 0.25) is 0 Å². The Kier molecular flexibility index (Phi) is 5.34. The molecule has 2 N–H and O–H groups in total. The molecule has 0 bridgehead atoms. The second-order valence-corrected chi connectivity index (χ2v) is 10.0. The lowest BCUT2D eigenvalue weighted by Crippen LogP contribution is -2.39. The van der Waals surface area contributed by atoms with Gasteiger partial charge in [0.1, 0.15) is 5.82 Å². The number of aryl methyl sites for hydroxylation is 1. The molecule has 0 saturated carbocycles. The van der Waals surface area contributed by atoms with E-state index in [1.165, 1.54) is 42.4 Å². The summed E-state index contributed by atoms with van der Waals surface area (Å²) in [6.07, 6.45) is 2.69. The van der Waals surface area contributed by atoms with E-state index in [0.717, 1.165) is 18.9 Å². The van der Waals surface area contributed by atoms with Crippen LogP contribution in [-0.4, -0.2) is 36.0 Å². The Hall–Kier alpha value is -3.14. The lowest BCUT2D eigenvalue weighted by molar-refractivity contribution is 0.355. The molecule has 0 aliphatic carbocycles. The van der Waals surface area contributed by atoms with Crippen molar-refractivity contribution in [3.8, 4) is 0 Å². The molecule has 1 aliphatic heterocycles. The number of anilines is 2. The summed E-state index contributed by atoms with van der Waals surface area (Å²) in [5.41, 5.74) is -0.513. The highest BCUT2D eigenvalue weighted by Crippen LogP contribution is 2.26. The Labute approximate surface area is 179 Å². The molecule has 2 aromatic heterocycles. The van der Waals surface area contributed by atoms with Crippen LogP contribution >= 0.6 is 0 Å². The molecule has 0 radical (unpaired) electrons. The average molecular weight is 444 g/mol. The fourth-order valence-corrected chi connectivity index (χ4v) is 5.28. The highest BCUT2D eigenvalue weighted by atomic mass is 32.2. The number of pyridine rings is 1. The van der Waals surface area contributed by atoms with Crippen LogP contribution in [0.1, 0.15) is 20.3 Å². The number of H-pyrrole nitrogens is 1. The molecule has 1 aliphatic rings. The molecule has 0 amide bonds. The summed E-state index contributed by atoms with van der Waals surface area (Å²) in [6, 6.07) is 7.56. The Morgan fingerprint density at radius 2 is 1.81 bits per heavy atom. The van der Waals surface area contributed by atoms with Crippen molar-refractivity contribution >= 4 is 32.4 Å². The fourth-order valence-electron chi connectivity index (χ4n) is 4.21. The van der Waals surface area contributed by atoms with Crippen LogP contribution in [0, 0.1) is 11.8 Å². The lowest BCUT2D eigenvalue weighted by atomic mass is 9.92. The number of rotatable bonds is 4. The molecular weight excluding hydrogens is 418 g/mol. The van der Waals surface area contributed by atoms with E-state index in [4.69, 9.17) is 0 Å². The zero-order valence-electron chi connectivity index (χ0n) is 17.6. The van der Waals surface area contributed by atoms with E-state index in [2.05, 4.69) is 33.4 Å². The van der Waals surface area contributed by atoms with Gasteiger partial charge < -0.3 is 4.90 Å². The van der Waals surface area contributed by atoms with Gasteiger partial charge in [-0.25, -0.2) is 18.2 Å².